The lowest BCUT2D eigenvalue weighted by Gasteiger charge is -2.31. The van der Waals surface area contributed by atoms with Gasteiger partial charge in [0.15, 0.2) is 0 Å². The smallest absolute Gasteiger partial charge is 0.208 e. The molecule has 146 valence electrons. The zero-order valence-electron chi connectivity index (χ0n) is 16.0. The molecule has 0 amide bonds. The number of hydrogen-bond donors (Lipinski definition) is 1. The van der Waals surface area contributed by atoms with Crippen LogP contribution in [0.5, 0.6) is 5.75 Å². The number of fused-ring (bicyclic) bond motifs is 2. The number of guanidine groups is 1. The van der Waals surface area contributed by atoms with Crippen LogP contribution in [0.3, 0.4) is 0 Å². The number of halogens is 1. The maximum Gasteiger partial charge on any atom is 0.208 e. The Kier molecular flexibility index (Phi) is 4.35. The van der Waals surface area contributed by atoms with Gasteiger partial charge in [-0.05, 0) is 31.2 Å². The minimum Gasteiger partial charge on any atom is -0.493 e. The zero-order chi connectivity index (χ0) is 19.8. The van der Waals surface area contributed by atoms with Crippen molar-refractivity contribution in [3.63, 3.8) is 0 Å². The van der Waals surface area contributed by atoms with Crippen molar-refractivity contribution in [2.24, 2.45) is 9.98 Å². The molecule has 0 spiro atoms. The van der Waals surface area contributed by atoms with Gasteiger partial charge < -0.3 is 10.1 Å². The van der Waals surface area contributed by atoms with Crippen LogP contribution in [0.4, 0.5) is 4.39 Å². The number of ether oxygens (including phenoxy) is 1. The SMILES string of the molecule is Cc1ncccc1C1=CN=C(NCc2c(F)ccc3c2CCO3)N2C=CCN=C12. The summed E-state index contributed by atoms with van der Waals surface area (Å²) < 4.78 is 20.0. The molecule has 0 unspecified atom stereocenters. The van der Waals surface area contributed by atoms with Gasteiger partial charge in [0.2, 0.25) is 5.96 Å². The number of aliphatic imine (C=N–C) groups is 2. The van der Waals surface area contributed by atoms with Gasteiger partial charge >= 0.3 is 0 Å². The Labute approximate surface area is 168 Å². The molecule has 0 saturated carbocycles. The number of benzene rings is 1. The summed E-state index contributed by atoms with van der Waals surface area (Å²) >= 11 is 0. The second-order valence-corrected chi connectivity index (χ2v) is 7.01. The number of nitrogens with zero attached hydrogens (tertiary/aromatic N) is 4. The zero-order valence-corrected chi connectivity index (χ0v) is 16.0. The van der Waals surface area contributed by atoms with E-state index in [0.717, 1.165) is 40.4 Å². The molecule has 0 saturated heterocycles. The van der Waals surface area contributed by atoms with E-state index in [1.165, 1.54) is 6.07 Å². The van der Waals surface area contributed by atoms with Crippen molar-refractivity contribution in [3.8, 4) is 5.75 Å². The van der Waals surface area contributed by atoms with Gasteiger partial charge in [-0.2, -0.15) is 0 Å². The van der Waals surface area contributed by atoms with Crippen molar-refractivity contribution in [2.75, 3.05) is 13.2 Å². The number of nitrogens with one attached hydrogen (secondary N) is 1. The minimum atomic E-state index is -0.233. The van der Waals surface area contributed by atoms with Crippen molar-refractivity contribution in [1.82, 2.24) is 15.2 Å². The maximum atomic E-state index is 14.5. The highest BCUT2D eigenvalue weighted by Crippen LogP contribution is 2.30. The van der Waals surface area contributed by atoms with Gasteiger partial charge in [0.1, 0.15) is 17.4 Å². The molecule has 3 aliphatic heterocycles. The monoisotopic (exact) mass is 389 g/mol. The fourth-order valence-corrected chi connectivity index (χ4v) is 3.83. The number of aryl methyl sites for hydroxylation is 1. The van der Waals surface area contributed by atoms with Crippen LogP contribution < -0.4 is 10.1 Å². The molecule has 6 nitrogen and oxygen atoms in total. The average molecular weight is 389 g/mol. The normalized spacial score (nSPS) is 17.0. The lowest BCUT2D eigenvalue weighted by atomic mass is 10.0. The minimum absolute atomic E-state index is 0.233. The Balaban J connectivity index is 1.46. The summed E-state index contributed by atoms with van der Waals surface area (Å²) in [5, 5.41) is 3.28. The number of rotatable bonds is 3. The summed E-state index contributed by atoms with van der Waals surface area (Å²) in [5.74, 6) is 1.95. The molecule has 2 aromatic rings. The molecule has 7 heteroatoms. The molecule has 0 atom stereocenters. The molecule has 29 heavy (non-hydrogen) atoms. The van der Waals surface area contributed by atoms with Gasteiger partial charge in [0.25, 0.3) is 0 Å². The van der Waals surface area contributed by atoms with E-state index in [9.17, 15) is 4.39 Å². The molecule has 0 radical (unpaired) electrons. The van der Waals surface area contributed by atoms with Gasteiger partial charge in [0, 0.05) is 59.5 Å². The van der Waals surface area contributed by atoms with Crippen LogP contribution in [-0.2, 0) is 13.0 Å². The second kappa shape index (κ2) is 7.16. The molecule has 4 heterocycles. The standard InChI is InChI=1S/C22H20FN5O/c1-14-15(4-2-8-24-14)18-13-27-22(28-10-3-9-25-21(18)28)26-12-17-16-7-11-29-20(16)6-5-19(17)23/h2-6,8,10,13H,7,9,11-12H2,1H3,(H,26,27). The van der Waals surface area contributed by atoms with Crippen LogP contribution in [0.2, 0.25) is 0 Å². The van der Waals surface area contributed by atoms with Crippen molar-refractivity contribution in [2.45, 2.75) is 19.9 Å². The molecule has 5 rings (SSSR count). The largest absolute Gasteiger partial charge is 0.493 e. The molecular formula is C22H20FN5O. The second-order valence-electron chi connectivity index (χ2n) is 7.01. The molecule has 1 N–H and O–H groups in total. The number of pyridine rings is 1. The first kappa shape index (κ1) is 17.6. The van der Waals surface area contributed by atoms with Gasteiger partial charge in [0.05, 0.1) is 13.2 Å². The number of aromatic nitrogens is 1. The lowest BCUT2D eigenvalue weighted by Crippen LogP contribution is -2.44. The molecule has 1 aromatic heterocycles. The highest BCUT2D eigenvalue weighted by Gasteiger charge is 2.27. The Hall–Kier alpha value is -3.48. The first-order valence-electron chi connectivity index (χ1n) is 9.60. The van der Waals surface area contributed by atoms with E-state index in [1.807, 2.05) is 36.2 Å². The Morgan fingerprint density at radius 1 is 1.28 bits per heavy atom. The molecular weight excluding hydrogens is 369 g/mol. The average Bonchev–Trinajstić information content (AvgIpc) is 3.22. The number of hydrogen-bond acceptors (Lipinski definition) is 6. The Bertz CT molecular complexity index is 1100. The predicted molar refractivity (Wildman–Crippen MR) is 110 cm³/mol. The van der Waals surface area contributed by atoms with Gasteiger partial charge in [-0.1, -0.05) is 6.07 Å². The van der Waals surface area contributed by atoms with Crippen molar-refractivity contribution in [1.29, 1.82) is 0 Å². The first-order valence-corrected chi connectivity index (χ1v) is 9.60. The van der Waals surface area contributed by atoms with Gasteiger partial charge in [-0.3, -0.25) is 14.9 Å². The van der Waals surface area contributed by atoms with Crippen LogP contribution in [0, 0.1) is 12.7 Å². The fraction of sp³-hybridized carbons (Fsp3) is 0.227. The third kappa shape index (κ3) is 3.08. The highest BCUT2D eigenvalue weighted by molar-refractivity contribution is 6.29. The molecule has 0 bridgehead atoms. The van der Waals surface area contributed by atoms with E-state index in [4.69, 9.17) is 4.74 Å². The fourth-order valence-electron chi connectivity index (χ4n) is 3.83. The van der Waals surface area contributed by atoms with E-state index in [1.54, 1.807) is 18.5 Å². The van der Waals surface area contributed by atoms with Crippen LogP contribution in [0.25, 0.3) is 5.57 Å². The van der Waals surface area contributed by atoms with E-state index >= 15 is 0 Å². The van der Waals surface area contributed by atoms with Crippen LogP contribution in [-0.4, -0.2) is 34.8 Å². The first-order chi connectivity index (χ1) is 14.2. The summed E-state index contributed by atoms with van der Waals surface area (Å²) in [5.41, 5.74) is 4.40. The lowest BCUT2D eigenvalue weighted by molar-refractivity contribution is 0.356. The topological polar surface area (TPSA) is 62.1 Å². The summed E-state index contributed by atoms with van der Waals surface area (Å²) in [4.78, 5) is 15.6. The van der Waals surface area contributed by atoms with E-state index in [0.29, 0.717) is 31.2 Å². The Morgan fingerprint density at radius 3 is 3.10 bits per heavy atom. The van der Waals surface area contributed by atoms with Crippen LogP contribution >= 0.6 is 0 Å². The molecule has 0 fully saturated rings. The van der Waals surface area contributed by atoms with Crippen molar-refractivity contribution < 1.29 is 9.13 Å². The van der Waals surface area contributed by atoms with Gasteiger partial charge in [-0.25, -0.2) is 9.38 Å². The summed E-state index contributed by atoms with van der Waals surface area (Å²) in [7, 11) is 0. The predicted octanol–water partition coefficient (Wildman–Crippen LogP) is 3.19. The van der Waals surface area contributed by atoms with Gasteiger partial charge in [-0.15, -0.1) is 0 Å². The third-order valence-corrected chi connectivity index (χ3v) is 5.28. The molecule has 0 aliphatic carbocycles. The van der Waals surface area contributed by atoms with Crippen molar-refractivity contribution >= 4 is 17.4 Å². The number of amidine groups is 1. The third-order valence-electron chi connectivity index (χ3n) is 5.28. The summed E-state index contributed by atoms with van der Waals surface area (Å²) in [6, 6.07) is 7.08. The van der Waals surface area contributed by atoms with E-state index in [-0.39, 0.29) is 5.82 Å². The molecule has 3 aliphatic rings. The summed E-state index contributed by atoms with van der Waals surface area (Å²) in [6.45, 7) is 3.49. The van der Waals surface area contributed by atoms with Crippen molar-refractivity contribution in [3.05, 3.63) is 77.1 Å². The highest BCUT2D eigenvalue weighted by atomic mass is 19.1. The van der Waals surface area contributed by atoms with E-state index < -0.39 is 0 Å². The van der Waals surface area contributed by atoms with E-state index in [2.05, 4.69) is 20.3 Å². The molecule has 1 aromatic carbocycles. The Morgan fingerprint density at radius 2 is 2.21 bits per heavy atom. The maximum absolute atomic E-state index is 14.5. The summed E-state index contributed by atoms with van der Waals surface area (Å²) in [6.07, 6.45) is 8.21. The van der Waals surface area contributed by atoms with Crippen LogP contribution in [0.15, 0.2) is 58.9 Å². The quantitative estimate of drug-likeness (QED) is 0.876. The van der Waals surface area contributed by atoms with Crippen LogP contribution in [0.1, 0.15) is 22.4 Å².